The Bertz CT molecular complexity index is 78.2. The SMILES string of the molecule is CCCC=C1CO1. The lowest BCUT2D eigenvalue weighted by atomic mass is 10.3. The smallest absolute Gasteiger partial charge is 0.145 e. The molecule has 0 amide bonds. The van der Waals surface area contributed by atoms with Crippen molar-refractivity contribution >= 4 is 0 Å². The van der Waals surface area contributed by atoms with E-state index in [1.54, 1.807) is 0 Å². The van der Waals surface area contributed by atoms with Crippen LogP contribution in [0.25, 0.3) is 0 Å². The van der Waals surface area contributed by atoms with Gasteiger partial charge in [-0.05, 0) is 12.5 Å². The minimum absolute atomic E-state index is 0.889. The van der Waals surface area contributed by atoms with E-state index in [1.807, 2.05) is 0 Å². The predicted octanol–water partition coefficient (Wildman–Crippen LogP) is 1.70. The molecule has 0 N–H and O–H groups in total. The molecule has 1 fully saturated rings. The Labute approximate surface area is 44.0 Å². The van der Waals surface area contributed by atoms with Crippen molar-refractivity contribution in [2.45, 2.75) is 19.8 Å². The molecule has 0 aromatic carbocycles. The third-order valence-electron chi connectivity index (χ3n) is 0.972. The van der Waals surface area contributed by atoms with E-state index in [0.29, 0.717) is 0 Å². The highest BCUT2D eigenvalue weighted by Gasteiger charge is 2.09. The van der Waals surface area contributed by atoms with Gasteiger partial charge in [-0.25, -0.2) is 0 Å². The van der Waals surface area contributed by atoms with E-state index in [4.69, 9.17) is 4.74 Å². The molecule has 0 aromatic heterocycles. The minimum atomic E-state index is 0.889. The van der Waals surface area contributed by atoms with Gasteiger partial charge in [-0.2, -0.15) is 0 Å². The van der Waals surface area contributed by atoms with Crippen molar-refractivity contribution in [1.29, 1.82) is 0 Å². The van der Waals surface area contributed by atoms with E-state index in [9.17, 15) is 0 Å². The zero-order chi connectivity index (χ0) is 5.11. The van der Waals surface area contributed by atoms with Crippen molar-refractivity contribution in [1.82, 2.24) is 0 Å². The van der Waals surface area contributed by atoms with Crippen LogP contribution in [0.3, 0.4) is 0 Å². The molecule has 0 aliphatic carbocycles. The Morgan fingerprint density at radius 1 is 1.86 bits per heavy atom. The van der Waals surface area contributed by atoms with E-state index in [2.05, 4.69) is 13.0 Å². The van der Waals surface area contributed by atoms with E-state index in [0.717, 1.165) is 6.61 Å². The molecule has 40 valence electrons. The third kappa shape index (κ3) is 1.62. The van der Waals surface area contributed by atoms with Crippen LogP contribution in [0.15, 0.2) is 11.8 Å². The van der Waals surface area contributed by atoms with Gasteiger partial charge in [-0.15, -0.1) is 0 Å². The molecular formula is C6H10O. The molecule has 1 aliphatic heterocycles. The molecule has 1 heterocycles. The van der Waals surface area contributed by atoms with Gasteiger partial charge in [0.2, 0.25) is 0 Å². The summed E-state index contributed by atoms with van der Waals surface area (Å²) in [6, 6.07) is 0. The Morgan fingerprint density at radius 3 is 3.00 bits per heavy atom. The maximum Gasteiger partial charge on any atom is 0.145 e. The maximum absolute atomic E-state index is 4.87. The third-order valence-corrected chi connectivity index (χ3v) is 0.972. The molecule has 0 saturated carbocycles. The fraction of sp³-hybridized carbons (Fsp3) is 0.667. The minimum Gasteiger partial charge on any atom is -0.487 e. The van der Waals surface area contributed by atoms with E-state index in [-0.39, 0.29) is 0 Å². The van der Waals surface area contributed by atoms with Gasteiger partial charge in [-0.1, -0.05) is 13.3 Å². The van der Waals surface area contributed by atoms with Crippen molar-refractivity contribution < 1.29 is 4.74 Å². The molecular weight excluding hydrogens is 88.1 g/mol. The molecule has 1 heteroatoms. The van der Waals surface area contributed by atoms with Gasteiger partial charge in [0, 0.05) is 0 Å². The average molecular weight is 98.1 g/mol. The number of hydrogen-bond acceptors (Lipinski definition) is 1. The van der Waals surface area contributed by atoms with Gasteiger partial charge < -0.3 is 4.74 Å². The van der Waals surface area contributed by atoms with Gasteiger partial charge >= 0.3 is 0 Å². The van der Waals surface area contributed by atoms with Crippen LogP contribution in [0.5, 0.6) is 0 Å². The van der Waals surface area contributed by atoms with Crippen molar-refractivity contribution in [2.24, 2.45) is 0 Å². The summed E-state index contributed by atoms with van der Waals surface area (Å²) < 4.78 is 4.87. The van der Waals surface area contributed by atoms with Gasteiger partial charge in [0.15, 0.2) is 0 Å². The Morgan fingerprint density at radius 2 is 2.57 bits per heavy atom. The summed E-state index contributed by atoms with van der Waals surface area (Å²) in [6.45, 7) is 3.06. The number of ether oxygens (including phenoxy) is 1. The molecule has 7 heavy (non-hydrogen) atoms. The molecule has 1 rings (SSSR count). The highest BCUT2D eigenvalue weighted by atomic mass is 16.6. The highest BCUT2D eigenvalue weighted by Crippen LogP contribution is 2.14. The second-order valence-electron chi connectivity index (χ2n) is 1.75. The Hall–Kier alpha value is -0.460. The van der Waals surface area contributed by atoms with E-state index < -0.39 is 0 Å². The first-order valence-electron chi connectivity index (χ1n) is 2.75. The van der Waals surface area contributed by atoms with Gasteiger partial charge in [0.25, 0.3) is 0 Å². The van der Waals surface area contributed by atoms with Crippen LogP contribution in [0.1, 0.15) is 19.8 Å². The van der Waals surface area contributed by atoms with E-state index >= 15 is 0 Å². The average Bonchev–Trinajstić information content (AvgIpc) is 2.42. The number of hydrogen-bond donors (Lipinski definition) is 0. The van der Waals surface area contributed by atoms with Crippen LogP contribution in [-0.4, -0.2) is 6.61 Å². The maximum atomic E-state index is 4.87. The first-order chi connectivity index (χ1) is 3.43. The fourth-order valence-corrected chi connectivity index (χ4v) is 0.465. The van der Waals surface area contributed by atoms with E-state index in [1.165, 1.54) is 18.6 Å². The monoisotopic (exact) mass is 98.1 g/mol. The van der Waals surface area contributed by atoms with Crippen LogP contribution in [-0.2, 0) is 4.74 Å². The van der Waals surface area contributed by atoms with Crippen LogP contribution >= 0.6 is 0 Å². The predicted molar refractivity (Wildman–Crippen MR) is 28.9 cm³/mol. The fourth-order valence-electron chi connectivity index (χ4n) is 0.465. The number of unbranched alkanes of at least 4 members (excludes halogenated alkanes) is 1. The van der Waals surface area contributed by atoms with Gasteiger partial charge in [0.05, 0.1) is 0 Å². The van der Waals surface area contributed by atoms with Crippen LogP contribution in [0, 0.1) is 0 Å². The highest BCUT2D eigenvalue weighted by molar-refractivity contribution is 5.03. The number of rotatable bonds is 2. The van der Waals surface area contributed by atoms with Crippen molar-refractivity contribution in [2.75, 3.05) is 6.61 Å². The molecule has 1 nitrogen and oxygen atoms in total. The molecule has 0 radical (unpaired) electrons. The Balaban J connectivity index is 2.07. The molecule has 1 saturated heterocycles. The lowest BCUT2D eigenvalue weighted by molar-refractivity contribution is 0.508. The Kier molecular flexibility index (Phi) is 1.35. The second-order valence-corrected chi connectivity index (χ2v) is 1.75. The molecule has 0 atom stereocenters. The summed E-state index contributed by atoms with van der Waals surface area (Å²) in [7, 11) is 0. The van der Waals surface area contributed by atoms with Crippen LogP contribution < -0.4 is 0 Å². The molecule has 0 spiro atoms. The molecule has 0 unspecified atom stereocenters. The van der Waals surface area contributed by atoms with Gasteiger partial charge in [0.1, 0.15) is 12.4 Å². The van der Waals surface area contributed by atoms with Crippen molar-refractivity contribution in [3.05, 3.63) is 11.8 Å². The number of allylic oxidation sites excluding steroid dienone is 1. The number of epoxide rings is 1. The van der Waals surface area contributed by atoms with Crippen LogP contribution in [0.2, 0.25) is 0 Å². The van der Waals surface area contributed by atoms with Crippen molar-refractivity contribution in [3.63, 3.8) is 0 Å². The summed E-state index contributed by atoms with van der Waals surface area (Å²) in [5.74, 6) is 1.18. The zero-order valence-electron chi connectivity index (χ0n) is 4.61. The van der Waals surface area contributed by atoms with Crippen molar-refractivity contribution in [3.8, 4) is 0 Å². The lowest BCUT2D eigenvalue weighted by Gasteiger charge is -1.75. The van der Waals surface area contributed by atoms with Crippen LogP contribution in [0.4, 0.5) is 0 Å². The normalized spacial score (nSPS) is 22.1. The quantitative estimate of drug-likeness (QED) is 0.479. The topological polar surface area (TPSA) is 12.5 Å². The van der Waals surface area contributed by atoms with Gasteiger partial charge in [-0.3, -0.25) is 0 Å². The second kappa shape index (κ2) is 2.01. The molecule has 0 aromatic rings. The summed E-state index contributed by atoms with van der Waals surface area (Å²) in [5, 5.41) is 0. The summed E-state index contributed by atoms with van der Waals surface area (Å²) in [5.41, 5.74) is 0. The summed E-state index contributed by atoms with van der Waals surface area (Å²) in [4.78, 5) is 0. The zero-order valence-corrected chi connectivity index (χ0v) is 4.61. The lowest BCUT2D eigenvalue weighted by Crippen LogP contribution is -1.58. The first kappa shape index (κ1) is 4.69. The standard InChI is InChI=1S/C6H10O/c1-2-3-4-6-5-7-6/h4H,2-3,5H2,1H3. The largest absolute Gasteiger partial charge is 0.487 e. The summed E-state index contributed by atoms with van der Waals surface area (Å²) >= 11 is 0. The molecule has 0 bridgehead atoms. The summed E-state index contributed by atoms with van der Waals surface area (Å²) in [6.07, 6.45) is 4.56. The molecule has 1 aliphatic rings. The first-order valence-corrected chi connectivity index (χ1v) is 2.75.